The van der Waals surface area contributed by atoms with Crippen molar-refractivity contribution in [2.24, 2.45) is 0 Å². The van der Waals surface area contributed by atoms with Crippen molar-refractivity contribution in [3.8, 4) is 0 Å². The molecule has 0 aromatic rings. The first-order valence-corrected chi connectivity index (χ1v) is 8.20. The molecule has 3 nitrogen and oxygen atoms in total. The minimum absolute atomic E-state index is 0.220. The van der Waals surface area contributed by atoms with E-state index >= 15 is 0 Å². The van der Waals surface area contributed by atoms with Crippen LogP contribution in [0.5, 0.6) is 0 Å². The van der Waals surface area contributed by atoms with Crippen molar-refractivity contribution in [1.82, 2.24) is 5.32 Å². The van der Waals surface area contributed by atoms with Crippen molar-refractivity contribution in [3.63, 3.8) is 0 Å². The fraction of sp³-hybridized carbons (Fsp3) is 1.00. The lowest BCUT2D eigenvalue weighted by Crippen LogP contribution is -2.33. The molecule has 0 aliphatic carbocycles. The zero-order valence-electron chi connectivity index (χ0n) is 10.3. The summed E-state index contributed by atoms with van der Waals surface area (Å²) in [6.07, 6.45) is 1.27. The van der Waals surface area contributed by atoms with Gasteiger partial charge >= 0.3 is 0 Å². The number of hydrogen-bond donors (Lipinski definition) is 1. The first kappa shape index (κ1) is 15.3. The van der Waals surface area contributed by atoms with Crippen molar-refractivity contribution in [3.05, 3.63) is 0 Å². The molecule has 0 aromatic carbocycles. The third-order valence-corrected chi connectivity index (χ3v) is 4.21. The molecule has 0 aromatic heterocycles. The molecule has 0 aliphatic rings. The molecule has 0 spiro atoms. The van der Waals surface area contributed by atoms with Crippen LogP contribution >= 0.6 is 11.8 Å². The van der Waals surface area contributed by atoms with Crippen LogP contribution < -0.4 is 5.32 Å². The molecule has 0 unspecified atom stereocenters. The van der Waals surface area contributed by atoms with Gasteiger partial charge in [0.1, 0.15) is 9.84 Å². The Bertz CT molecular complexity index is 268. The summed E-state index contributed by atoms with van der Waals surface area (Å²) in [6, 6.07) is 0.357. The third-order valence-electron chi connectivity index (χ3n) is 1.73. The van der Waals surface area contributed by atoms with E-state index in [-0.39, 0.29) is 10.5 Å². The Hall–Kier alpha value is 0.260. The first-order valence-electron chi connectivity index (χ1n) is 5.15. The molecule has 1 atom stereocenters. The van der Waals surface area contributed by atoms with Crippen molar-refractivity contribution >= 4 is 21.6 Å². The van der Waals surface area contributed by atoms with Gasteiger partial charge in [-0.05, 0) is 6.92 Å². The van der Waals surface area contributed by atoms with Gasteiger partial charge < -0.3 is 5.32 Å². The van der Waals surface area contributed by atoms with E-state index in [1.807, 2.05) is 11.8 Å². The van der Waals surface area contributed by atoms with Gasteiger partial charge in [-0.3, -0.25) is 0 Å². The van der Waals surface area contributed by atoms with E-state index in [4.69, 9.17) is 0 Å². The van der Waals surface area contributed by atoms with Gasteiger partial charge in [0.2, 0.25) is 0 Å². The Morgan fingerprint density at radius 3 is 2.27 bits per heavy atom. The normalized spacial score (nSPS) is 15.3. The van der Waals surface area contributed by atoms with E-state index in [2.05, 4.69) is 33.0 Å². The van der Waals surface area contributed by atoms with Gasteiger partial charge in [-0.25, -0.2) is 8.42 Å². The Kier molecular flexibility index (Phi) is 6.21. The Labute approximate surface area is 98.3 Å². The summed E-state index contributed by atoms with van der Waals surface area (Å²) in [4.78, 5) is 0. The van der Waals surface area contributed by atoms with E-state index in [0.717, 1.165) is 5.75 Å². The highest BCUT2D eigenvalue weighted by Crippen LogP contribution is 2.23. The standard InChI is InChI=1S/C10H23NO2S2/c1-9(8-14-10(2,3)4)11-6-7-15(5,12)13/h9,11H,6-8H2,1-5H3/t9-/m1/s1. The lowest BCUT2D eigenvalue weighted by molar-refractivity contribution is 0.584. The number of rotatable bonds is 6. The molecule has 0 radical (unpaired) electrons. The Morgan fingerprint density at radius 2 is 1.87 bits per heavy atom. The van der Waals surface area contributed by atoms with E-state index in [1.165, 1.54) is 6.26 Å². The summed E-state index contributed by atoms with van der Waals surface area (Å²) in [5.74, 6) is 1.23. The molecule has 0 saturated carbocycles. The van der Waals surface area contributed by atoms with Crippen LogP contribution in [-0.4, -0.2) is 43.5 Å². The van der Waals surface area contributed by atoms with Gasteiger partial charge in [0.15, 0.2) is 0 Å². The summed E-state index contributed by atoms with van der Waals surface area (Å²) in [5, 5.41) is 3.21. The van der Waals surface area contributed by atoms with Gasteiger partial charge in [0.25, 0.3) is 0 Å². The van der Waals surface area contributed by atoms with Gasteiger partial charge in [-0.15, -0.1) is 0 Å². The highest BCUT2D eigenvalue weighted by atomic mass is 32.2. The fourth-order valence-electron chi connectivity index (χ4n) is 0.925. The smallest absolute Gasteiger partial charge is 0.148 e. The summed E-state index contributed by atoms with van der Waals surface area (Å²) >= 11 is 1.89. The summed E-state index contributed by atoms with van der Waals surface area (Å²) in [7, 11) is -2.83. The molecule has 0 bridgehead atoms. The van der Waals surface area contributed by atoms with Crippen LogP contribution in [0.4, 0.5) is 0 Å². The third kappa shape index (κ3) is 12.2. The number of hydrogen-bond acceptors (Lipinski definition) is 4. The topological polar surface area (TPSA) is 46.2 Å². The van der Waals surface area contributed by atoms with Crippen molar-refractivity contribution < 1.29 is 8.42 Å². The van der Waals surface area contributed by atoms with E-state index < -0.39 is 9.84 Å². The van der Waals surface area contributed by atoms with Crippen molar-refractivity contribution in [1.29, 1.82) is 0 Å². The minimum Gasteiger partial charge on any atom is -0.312 e. The van der Waals surface area contributed by atoms with E-state index in [9.17, 15) is 8.42 Å². The Balaban J connectivity index is 3.63. The lowest BCUT2D eigenvalue weighted by atomic mass is 10.3. The lowest BCUT2D eigenvalue weighted by Gasteiger charge is -2.21. The van der Waals surface area contributed by atoms with Gasteiger partial charge in [0.05, 0.1) is 5.75 Å². The molecular weight excluding hydrogens is 230 g/mol. The zero-order valence-corrected chi connectivity index (χ0v) is 12.0. The van der Waals surface area contributed by atoms with Crippen LogP contribution in [0.1, 0.15) is 27.7 Å². The quantitative estimate of drug-likeness (QED) is 0.780. The van der Waals surface area contributed by atoms with Crippen LogP contribution in [0.2, 0.25) is 0 Å². The highest BCUT2D eigenvalue weighted by Gasteiger charge is 2.12. The molecule has 0 rings (SSSR count). The van der Waals surface area contributed by atoms with E-state index in [1.54, 1.807) is 0 Å². The molecule has 0 aliphatic heterocycles. The predicted octanol–water partition coefficient (Wildman–Crippen LogP) is 1.54. The number of thioether (sulfide) groups is 1. The highest BCUT2D eigenvalue weighted by molar-refractivity contribution is 8.00. The average molecular weight is 253 g/mol. The summed E-state index contributed by atoms with van der Waals surface area (Å²) in [5.41, 5.74) is 0. The first-order chi connectivity index (χ1) is 6.60. The van der Waals surface area contributed by atoms with Crippen LogP contribution in [0.3, 0.4) is 0 Å². The number of sulfone groups is 1. The van der Waals surface area contributed by atoms with Crippen molar-refractivity contribution in [2.45, 2.75) is 38.5 Å². The Morgan fingerprint density at radius 1 is 1.33 bits per heavy atom. The molecule has 5 heteroatoms. The minimum atomic E-state index is -2.83. The van der Waals surface area contributed by atoms with Crippen LogP contribution in [0, 0.1) is 0 Å². The van der Waals surface area contributed by atoms with Gasteiger partial charge in [0, 0.05) is 29.3 Å². The maximum absolute atomic E-state index is 10.9. The fourth-order valence-corrected chi connectivity index (χ4v) is 2.28. The van der Waals surface area contributed by atoms with Crippen LogP contribution in [0.15, 0.2) is 0 Å². The van der Waals surface area contributed by atoms with Gasteiger partial charge in [-0.1, -0.05) is 20.8 Å². The average Bonchev–Trinajstić information content (AvgIpc) is 1.97. The molecule has 1 N–H and O–H groups in total. The SMILES string of the molecule is C[C@H](CSC(C)(C)C)NCCS(C)(=O)=O. The second-order valence-electron chi connectivity index (χ2n) is 4.91. The summed E-state index contributed by atoms with van der Waals surface area (Å²) < 4.78 is 22.0. The van der Waals surface area contributed by atoms with Gasteiger partial charge in [-0.2, -0.15) is 11.8 Å². The maximum atomic E-state index is 10.9. The second kappa shape index (κ2) is 6.11. The molecule has 0 heterocycles. The maximum Gasteiger partial charge on any atom is 0.148 e. The van der Waals surface area contributed by atoms with Crippen LogP contribution in [-0.2, 0) is 9.84 Å². The largest absolute Gasteiger partial charge is 0.312 e. The van der Waals surface area contributed by atoms with Crippen LogP contribution in [0.25, 0.3) is 0 Å². The monoisotopic (exact) mass is 253 g/mol. The molecule has 92 valence electrons. The second-order valence-corrected chi connectivity index (χ2v) is 9.01. The van der Waals surface area contributed by atoms with Crippen molar-refractivity contribution in [2.75, 3.05) is 24.3 Å². The predicted molar refractivity (Wildman–Crippen MR) is 69.4 cm³/mol. The zero-order chi connectivity index (χ0) is 12.1. The molecule has 15 heavy (non-hydrogen) atoms. The molecular formula is C10H23NO2S2. The van der Waals surface area contributed by atoms with E-state index in [0.29, 0.717) is 12.6 Å². The number of nitrogens with one attached hydrogen (secondary N) is 1. The summed E-state index contributed by atoms with van der Waals surface area (Å²) in [6.45, 7) is 9.17. The molecule has 0 fully saturated rings. The molecule has 0 saturated heterocycles. The molecule has 0 amide bonds.